The topological polar surface area (TPSA) is 55.1 Å². The number of nitrogens with two attached hydrogens (primary N) is 1. The van der Waals surface area contributed by atoms with Gasteiger partial charge in [0.25, 0.3) is 5.91 Å². The van der Waals surface area contributed by atoms with Gasteiger partial charge in [0, 0.05) is 12.1 Å². The Labute approximate surface area is 110 Å². The third-order valence-corrected chi connectivity index (χ3v) is 3.14. The summed E-state index contributed by atoms with van der Waals surface area (Å²) < 4.78 is 0. The number of hydrogen-bond acceptors (Lipinski definition) is 2. The Morgan fingerprint density at radius 1 is 1.28 bits per heavy atom. The van der Waals surface area contributed by atoms with Gasteiger partial charge in [0.15, 0.2) is 0 Å². The highest BCUT2D eigenvalue weighted by Crippen LogP contribution is 2.09. The molecule has 3 N–H and O–H groups in total. The SMILES string of the molecule is CCCC(CCN)CNC(=O)c1ccc(C)cc1. The van der Waals surface area contributed by atoms with Gasteiger partial charge < -0.3 is 11.1 Å². The third kappa shape index (κ3) is 4.88. The molecule has 0 fully saturated rings. The quantitative estimate of drug-likeness (QED) is 0.779. The van der Waals surface area contributed by atoms with E-state index in [1.54, 1.807) is 0 Å². The summed E-state index contributed by atoms with van der Waals surface area (Å²) in [6.45, 7) is 5.58. The summed E-state index contributed by atoms with van der Waals surface area (Å²) in [6, 6.07) is 7.64. The smallest absolute Gasteiger partial charge is 0.251 e. The largest absolute Gasteiger partial charge is 0.352 e. The highest BCUT2D eigenvalue weighted by molar-refractivity contribution is 5.94. The second kappa shape index (κ2) is 7.88. The number of benzene rings is 1. The van der Waals surface area contributed by atoms with Crippen molar-refractivity contribution in [2.75, 3.05) is 13.1 Å². The third-order valence-electron chi connectivity index (χ3n) is 3.14. The molecule has 0 saturated carbocycles. The molecule has 1 aromatic rings. The van der Waals surface area contributed by atoms with Gasteiger partial charge in [-0.1, -0.05) is 31.0 Å². The number of rotatable bonds is 7. The van der Waals surface area contributed by atoms with E-state index >= 15 is 0 Å². The van der Waals surface area contributed by atoms with Gasteiger partial charge in [-0.2, -0.15) is 0 Å². The van der Waals surface area contributed by atoms with Gasteiger partial charge >= 0.3 is 0 Å². The Morgan fingerprint density at radius 3 is 2.50 bits per heavy atom. The molecule has 3 heteroatoms. The second-order valence-corrected chi connectivity index (χ2v) is 4.81. The van der Waals surface area contributed by atoms with Crippen molar-refractivity contribution in [2.45, 2.75) is 33.1 Å². The predicted molar refractivity (Wildman–Crippen MR) is 75.6 cm³/mol. The molecule has 0 aliphatic heterocycles. The van der Waals surface area contributed by atoms with E-state index in [0.717, 1.165) is 31.4 Å². The Balaban J connectivity index is 2.46. The lowest BCUT2D eigenvalue weighted by Gasteiger charge is -2.15. The lowest BCUT2D eigenvalue weighted by molar-refractivity contribution is 0.0945. The molecule has 1 rings (SSSR count). The second-order valence-electron chi connectivity index (χ2n) is 4.81. The van der Waals surface area contributed by atoms with Crippen LogP contribution < -0.4 is 11.1 Å². The van der Waals surface area contributed by atoms with E-state index in [1.165, 1.54) is 5.56 Å². The minimum absolute atomic E-state index is 0.00752. The zero-order valence-electron chi connectivity index (χ0n) is 11.4. The summed E-state index contributed by atoms with van der Waals surface area (Å²) in [4.78, 5) is 11.9. The van der Waals surface area contributed by atoms with Crippen LogP contribution >= 0.6 is 0 Å². The fourth-order valence-corrected chi connectivity index (χ4v) is 2.04. The molecule has 1 atom stereocenters. The number of nitrogens with one attached hydrogen (secondary N) is 1. The highest BCUT2D eigenvalue weighted by atomic mass is 16.1. The monoisotopic (exact) mass is 248 g/mol. The van der Waals surface area contributed by atoms with Crippen molar-refractivity contribution in [2.24, 2.45) is 11.7 Å². The van der Waals surface area contributed by atoms with Crippen molar-refractivity contribution < 1.29 is 4.79 Å². The first-order valence-electron chi connectivity index (χ1n) is 6.72. The first-order chi connectivity index (χ1) is 8.67. The minimum Gasteiger partial charge on any atom is -0.352 e. The van der Waals surface area contributed by atoms with Crippen molar-refractivity contribution in [3.63, 3.8) is 0 Å². The summed E-state index contributed by atoms with van der Waals surface area (Å²) in [5, 5.41) is 2.99. The zero-order chi connectivity index (χ0) is 13.4. The van der Waals surface area contributed by atoms with Gasteiger partial charge in [0.1, 0.15) is 0 Å². The van der Waals surface area contributed by atoms with Crippen molar-refractivity contribution in [1.82, 2.24) is 5.32 Å². The van der Waals surface area contributed by atoms with Crippen LogP contribution in [0.25, 0.3) is 0 Å². The van der Waals surface area contributed by atoms with Gasteiger partial charge in [0.05, 0.1) is 0 Å². The van der Waals surface area contributed by atoms with E-state index in [4.69, 9.17) is 5.73 Å². The predicted octanol–water partition coefficient (Wildman–Crippen LogP) is 2.49. The van der Waals surface area contributed by atoms with Crippen LogP contribution in [-0.2, 0) is 0 Å². The Hall–Kier alpha value is -1.35. The summed E-state index contributed by atoms with van der Waals surface area (Å²) in [7, 11) is 0. The molecule has 1 aromatic carbocycles. The standard InChI is InChI=1S/C15H24N2O/c1-3-4-13(9-10-16)11-17-15(18)14-7-5-12(2)6-8-14/h5-8,13H,3-4,9-11,16H2,1-2H3,(H,17,18). The molecule has 0 aliphatic carbocycles. The van der Waals surface area contributed by atoms with Crippen LogP contribution in [0.15, 0.2) is 24.3 Å². The lowest BCUT2D eigenvalue weighted by Crippen LogP contribution is -2.30. The molecule has 0 aromatic heterocycles. The van der Waals surface area contributed by atoms with Gasteiger partial charge in [-0.25, -0.2) is 0 Å². The summed E-state index contributed by atoms with van der Waals surface area (Å²) >= 11 is 0. The molecule has 1 unspecified atom stereocenters. The first-order valence-corrected chi connectivity index (χ1v) is 6.72. The van der Waals surface area contributed by atoms with Crippen LogP contribution in [0.3, 0.4) is 0 Å². The van der Waals surface area contributed by atoms with E-state index in [9.17, 15) is 4.79 Å². The Bertz CT molecular complexity index is 353. The van der Waals surface area contributed by atoms with E-state index in [-0.39, 0.29) is 5.91 Å². The van der Waals surface area contributed by atoms with Crippen LogP contribution in [0.4, 0.5) is 0 Å². The van der Waals surface area contributed by atoms with Gasteiger partial charge in [-0.15, -0.1) is 0 Å². The van der Waals surface area contributed by atoms with Crippen molar-refractivity contribution in [3.8, 4) is 0 Å². The number of hydrogen-bond donors (Lipinski definition) is 2. The zero-order valence-corrected chi connectivity index (χ0v) is 11.4. The molecule has 1 amide bonds. The number of aryl methyl sites for hydroxylation is 1. The average Bonchev–Trinajstić information content (AvgIpc) is 2.37. The lowest BCUT2D eigenvalue weighted by atomic mass is 9.99. The minimum atomic E-state index is 0.00752. The normalized spacial score (nSPS) is 12.2. The Kier molecular flexibility index (Phi) is 6.44. The van der Waals surface area contributed by atoms with Crippen molar-refractivity contribution >= 4 is 5.91 Å². The maximum absolute atomic E-state index is 11.9. The van der Waals surface area contributed by atoms with Crippen molar-refractivity contribution in [3.05, 3.63) is 35.4 Å². The summed E-state index contributed by atoms with van der Waals surface area (Å²) in [6.07, 6.45) is 3.22. The molecule has 0 radical (unpaired) electrons. The van der Waals surface area contributed by atoms with E-state index in [1.807, 2.05) is 31.2 Å². The maximum Gasteiger partial charge on any atom is 0.251 e. The van der Waals surface area contributed by atoms with Gasteiger partial charge in [0.2, 0.25) is 0 Å². The molecule has 0 bridgehead atoms. The summed E-state index contributed by atoms with van der Waals surface area (Å²) in [5.41, 5.74) is 7.47. The maximum atomic E-state index is 11.9. The molecule has 0 saturated heterocycles. The average molecular weight is 248 g/mol. The first kappa shape index (κ1) is 14.7. The van der Waals surface area contributed by atoms with Crippen LogP contribution in [0.2, 0.25) is 0 Å². The molecule has 3 nitrogen and oxygen atoms in total. The highest BCUT2D eigenvalue weighted by Gasteiger charge is 2.10. The van der Waals surface area contributed by atoms with Crippen LogP contribution in [-0.4, -0.2) is 19.0 Å². The summed E-state index contributed by atoms with van der Waals surface area (Å²) in [5.74, 6) is 0.502. The number of carbonyl (C=O) groups is 1. The van der Waals surface area contributed by atoms with Crippen LogP contribution in [0.5, 0.6) is 0 Å². The molecule has 18 heavy (non-hydrogen) atoms. The number of carbonyl (C=O) groups excluding carboxylic acids is 1. The molecule has 0 spiro atoms. The van der Waals surface area contributed by atoms with E-state index < -0.39 is 0 Å². The van der Waals surface area contributed by atoms with Gasteiger partial charge in [-0.3, -0.25) is 4.79 Å². The Morgan fingerprint density at radius 2 is 1.94 bits per heavy atom. The fourth-order valence-electron chi connectivity index (χ4n) is 2.04. The molecular formula is C15H24N2O. The molecular weight excluding hydrogens is 224 g/mol. The van der Waals surface area contributed by atoms with Crippen LogP contribution in [0.1, 0.15) is 42.1 Å². The van der Waals surface area contributed by atoms with E-state index in [2.05, 4.69) is 12.2 Å². The van der Waals surface area contributed by atoms with Crippen LogP contribution in [0, 0.1) is 12.8 Å². The van der Waals surface area contributed by atoms with Crippen molar-refractivity contribution in [1.29, 1.82) is 0 Å². The molecule has 0 heterocycles. The molecule has 100 valence electrons. The fraction of sp³-hybridized carbons (Fsp3) is 0.533. The molecule has 0 aliphatic rings. The van der Waals surface area contributed by atoms with Gasteiger partial charge in [-0.05, 0) is 44.4 Å². The van der Waals surface area contributed by atoms with E-state index in [0.29, 0.717) is 12.5 Å². The number of amides is 1.